The number of thiazole rings is 1. The summed E-state index contributed by atoms with van der Waals surface area (Å²) < 4.78 is 0. The molecule has 0 bridgehead atoms. The van der Waals surface area contributed by atoms with Crippen molar-refractivity contribution in [1.82, 2.24) is 4.98 Å². The highest BCUT2D eigenvalue weighted by atomic mass is 32.1. The average molecular weight is 496 g/mol. The van der Waals surface area contributed by atoms with Gasteiger partial charge in [0.2, 0.25) is 0 Å². The number of hydrogen-bond donors (Lipinski definition) is 2. The maximum atomic E-state index is 11.7. The molecule has 2 aliphatic rings. The van der Waals surface area contributed by atoms with E-state index in [9.17, 15) is 15.0 Å². The minimum absolute atomic E-state index is 0.372. The van der Waals surface area contributed by atoms with Crippen LogP contribution in [0.25, 0.3) is 5.57 Å². The van der Waals surface area contributed by atoms with E-state index < -0.39 is 22.9 Å². The molecule has 0 radical (unpaired) electrons. The molecule has 1 aromatic heterocycles. The second-order valence-electron chi connectivity index (χ2n) is 10.5. The highest BCUT2D eigenvalue weighted by Crippen LogP contribution is 2.50. The van der Waals surface area contributed by atoms with Crippen LogP contribution in [-0.2, 0) is 10.4 Å². The molecule has 6 nitrogen and oxygen atoms in total. The Bertz CT molecular complexity index is 1130. The molecule has 2 heterocycles. The van der Waals surface area contributed by atoms with Crippen molar-refractivity contribution in [3.63, 3.8) is 0 Å². The zero-order valence-electron chi connectivity index (χ0n) is 21.5. The van der Waals surface area contributed by atoms with E-state index in [1.165, 1.54) is 11.3 Å². The molecule has 35 heavy (non-hydrogen) atoms. The Labute approximate surface area is 212 Å². The third-order valence-corrected chi connectivity index (χ3v) is 7.81. The molecule has 0 saturated heterocycles. The van der Waals surface area contributed by atoms with E-state index in [2.05, 4.69) is 53.6 Å². The number of amidine groups is 1. The van der Waals surface area contributed by atoms with Gasteiger partial charge in [0.25, 0.3) is 0 Å². The molecule has 0 unspecified atom stereocenters. The molecule has 1 aliphatic carbocycles. The van der Waals surface area contributed by atoms with Crippen molar-refractivity contribution in [2.45, 2.75) is 78.7 Å². The zero-order valence-corrected chi connectivity index (χ0v) is 22.3. The summed E-state index contributed by atoms with van der Waals surface area (Å²) >= 11 is 1.48. The first-order chi connectivity index (χ1) is 16.4. The molecule has 2 atom stereocenters. The number of aliphatic imine (C=N–C) groups is 2. The summed E-state index contributed by atoms with van der Waals surface area (Å²) in [6.07, 6.45) is 13.6. The second kappa shape index (κ2) is 11.0. The molecule has 1 saturated carbocycles. The van der Waals surface area contributed by atoms with Crippen molar-refractivity contribution in [3.05, 3.63) is 57.7 Å². The highest BCUT2D eigenvalue weighted by molar-refractivity contribution is 7.12. The molecule has 3 rings (SSSR count). The van der Waals surface area contributed by atoms with Crippen LogP contribution >= 0.6 is 11.3 Å². The van der Waals surface area contributed by atoms with Gasteiger partial charge in [-0.3, -0.25) is 4.79 Å². The van der Waals surface area contributed by atoms with Gasteiger partial charge in [0.15, 0.2) is 0 Å². The Morgan fingerprint density at radius 1 is 1.31 bits per heavy atom. The number of hydrogen-bond acceptors (Lipinski definition) is 6. The molecule has 0 spiro atoms. The Kier molecular flexibility index (Phi) is 8.44. The van der Waals surface area contributed by atoms with Crippen LogP contribution in [-0.4, -0.2) is 33.2 Å². The van der Waals surface area contributed by atoms with Gasteiger partial charge in [-0.1, -0.05) is 49.8 Å². The van der Waals surface area contributed by atoms with Crippen LogP contribution < -0.4 is 0 Å². The molecule has 1 aromatic rings. The van der Waals surface area contributed by atoms with Crippen LogP contribution in [0.2, 0.25) is 0 Å². The minimum Gasteiger partial charge on any atom is -0.481 e. The molecule has 1 fully saturated rings. The Morgan fingerprint density at radius 3 is 2.71 bits per heavy atom. The second-order valence-corrected chi connectivity index (χ2v) is 11.6. The fraction of sp³-hybridized carbons (Fsp3) is 0.500. The van der Waals surface area contributed by atoms with E-state index in [0.29, 0.717) is 24.3 Å². The Balaban J connectivity index is 1.79. The van der Waals surface area contributed by atoms with Gasteiger partial charge in [0.05, 0.1) is 10.8 Å². The number of rotatable bonds is 8. The average Bonchev–Trinajstić information content (AvgIpc) is 3.15. The molecule has 0 amide bonds. The van der Waals surface area contributed by atoms with Gasteiger partial charge < -0.3 is 10.2 Å². The van der Waals surface area contributed by atoms with E-state index in [1.807, 2.05) is 33.2 Å². The number of carboxylic acid groups (broad SMARTS) is 1. The SMILES string of the molecule is C=C(/C=C(\C=C(C)C)c1cnc([C@@]2(O)CC[C@H](C(=O)O)C(C)(C)C2)s1)CCC1=CCC=NC(C)=N1. The first kappa shape index (κ1) is 27.0. The normalized spacial score (nSPS) is 24.3. The van der Waals surface area contributed by atoms with E-state index in [0.717, 1.165) is 52.4 Å². The summed E-state index contributed by atoms with van der Waals surface area (Å²) in [5.74, 6) is -0.483. The van der Waals surface area contributed by atoms with Gasteiger partial charge in [-0.2, -0.15) is 0 Å². The molecule has 7 heteroatoms. The quantitative estimate of drug-likeness (QED) is 0.392. The molecule has 1 aliphatic heterocycles. The lowest BCUT2D eigenvalue weighted by molar-refractivity contribution is -0.154. The third kappa shape index (κ3) is 6.95. The number of carboxylic acids is 1. The van der Waals surface area contributed by atoms with Crippen LogP contribution in [0.1, 0.15) is 83.0 Å². The topological polar surface area (TPSA) is 95.1 Å². The molecular weight excluding hydrogens is 458 g/mol. The fourth-order valence-electron chi connectivity index (χ4n) is 4.89. The van der Waals surface area contributed by atoms with Crippen LogP contribution in [0.5, 0.6) is 0 Å². The smallest absolute Gasteiger partial charge is 0.307 e. The maximum Gasteiger partial charge on any atom is 0.307 e. The Hall–Kier alpha value is -2.64. The number of carbonyl (C=O) groups is 1. The number of nitrogens with zero attached hydrogens (tertiary/aromatic N) is 3. The lowest BCUT2D eigenvalue weighted by atomic mass is 9.63. The monoisotopic (exact) mass is 495 g/mol. The predicted octanol–water partition coefficient (Wildman–Crippen LogP) is 6.70. The summed E-state index contributed by atoms with van der Waals surface area (Å²) in [5, 5.41) is 21.7. The summed E-state index contributed by atoms with van der Waals surface area (Å²) in [6, 6.07) is 0. The van der Waals surface area contributed by atoms with E-state index >= 15 is 0 Å². The molecular formula is C28H37N3O3S. The first-order valence-electron chi connectivity index (χ1n) is 12.1. The van der Waals surface area contributed by atoms with Crippen molar-refractivity contribution < 1.29 is 15.0 Å². The van der Waals surface area contributed by atoms with Crippen LogP contribution in [0, 0.1) is 11.3 Å². The fourth-order valence-corrected chi connectivity index (χ4v) is 5.91. The molecule has 2 N–H and O–H groups in total. The van der Waals surface area contributed by atoms with Gasteiger partial charge in [0.1, 0.15) is 16.4 Å². The van der Waals surface area contributed by atoms with Crippen molar-refractivity contribution in [2.24, 2.45) is 21.3 Å². The predicted molar refractivity (Wildman–Crippen MR) is 145 cm³/mol. The van der Waals surface area contributed by atoms with Crippen molar-refractivity contribution in [3.8, 4) is 0 Å². The number of aliphatic hydroxyl groups is 1. The Morgan fingerprint density at radius 2 is 2.06 bits per heavy atom. The van der Waals surface area contributed by atoms with E-state index in [1.54, 1.807) is 0 Å². The minimum atomic E-state index is -1.12. The van der Waals surface area contributed by atoms with Gasteiger partial charge in [0, 0.05) is 24.5 Å². The summed E-state index contributed by atoms with van der Waals surface area (Å²) in [6.45, 7) is 14.1. The largest absolute Gasteiger partial charge is 0.481 e. The maximum absolute atomic E-state index is 11.7. The molecule has 0 aromatic carbocycles. The van der Waals surface area contributed by atoms with Gasteiger partial charge in [-0.25, -0.2) is 15.0 Å². The number of aliphatic carboxylic acids is 1. The van der Waals surface area contributed by atoms with Gasteiger partial charge >= 0.3 is 5.97 Å². The number of allylic oxidation sites excluding steroid dienone is 7. The third-order valence-electron chi connectivity index (χ3n) is 6.57. The summed E-state index contributed by atoms with van der Waals surface area (Å²) in [4.78, 5) is 26.1. The number of aromatic nitrogens is 1. The van der Waals surface area contributed by atoms with Crippen molar-refractivity contribution >= 4 is 34.9 Å². The van der Waals surface area contributed by atoms with Crippen LogP contribution in [0.15, 0.2) is 57.8 Å². The van der Waals surface area contributed by atoms with Gasteiger partial charge in [-0.15, -0.1) is 11.3 Å². The summed E-state index contributed by atoms with van der Waals surface area (Å²) in [7, 11) is 0. The standard InChI is InChI=1S/C28H37N3O3S/c1-18(2)14-21(15-19(3)9-10-22-8-7-13-29-20(4)31-22)24-16-30-26(35-24)28(34)12-11-23(25(32)33)27(5,6)17-28/h8,13-16,23,34H,3,7,9-12,17H2,1-2,4-6H3,(H,32,33)/b21-15+/t23-,28-/m1/s1. The summed E-state index contributed by atoms with van der Waals surface area (Å²) in [5.41, 5.74) is 2.56. The lowest BCUT2D eigenvalue weighted by Gasteiger charge is -2.44. The van der Waals surface area contributed by atoms with Gasteiger partial charge in [-0.05, 0) is 63.9 Å². The first-order valence-corrected chi connectivity index (χ1v) is 12.9. The van der Waals surface area contributed by atoms with Crippen molar-refractivity contribution in [2.75, 3.05) is 0 Å². The zero-order chi connectivity index (χ0) is 25.8. The van der Waals surface area contributed by atoms with Crippen LogP contribution in [0.3, 0.4) is 0 Å². The van der Waals surface area contributed by atoms with E-state index in [-0.39, 0.29) is 0 Å². The lowest BCUT2D eigenvalue weighted by Crippen LogP contribution is -2.44. The van der Waals surface area contributed by atoms with Crippen molar-refractivity contribution in [1.29, 1.82) is 0 Å². The highest BCUT2D eigenvalue weighted by Gasteiger charge is 2.49. The molecule has 188 valence electrons. The van der Waals surface area contributed by atoms with E-state index in [4.69, 9.17) is 0 Å². The van der Waals surface area contributed by atoms with Crippen LogP contribution in [0.4, 0.5) is 0 Å².